The number of hydrogen-bond acceptors (Lipinski definition) is 0. The minimum Gasteiger partial charge on any atom is -0.206 e. The van der Waals surface area contributed by atoms with E-state index in [0.29, 0.717) is 0 Å². The molecule has 0 radical (unpaired) electrons. The summed E-state index contributed by atoms with van der Waals surface area (Å²) in [4.78, 5) is 0. The van der Waals surface area contributed by atoms with Crippen LogP contribution in [0, 0.1) is 15.2 Å². The first-order chi connectivity index (χ1) is 4.63. The summed E-state index contributed by atoms with van der Waals surface area (Å²) in [6.45, 7) is 0. The molecule has 1 aromatic carbocycles. The van der Waals surface area contributed by atoms with E-state index in [1.807, 2.05) is 0 Å². The zero-order valence-electron chi connectivity index (χ0n) is 4.67. The third-order valence-electron chi connectivity index (χ3n) is 0.988. The molecular formula is C6H2ClF2I. The van der Waals surface area contributed by atoms with Crippen molar-refractivity contribution in [3.05, 3.63) is 32.4 Å². The summed E-state index contributed by atoms with van der Waals surface area (Å²) in [5.41, 5.74) is 0. The first kappa shape index (κ1) is 8.20. The van der Waals surface area contributed by atoms with E-state index in [0.717, 1.165) is 6.07 Å². The second kappa shape index (κ2) is 3.00. The van der Waals surface area contributed by atoms with Crippen LogP contribution in [-0.4, -0.2) is 0 Å². The molecule has 54 valence electrons. The first-order valence-electron chi connectivity index (χ1n) is 2.42. The van der Waals surface area contributed by atoms with Gasteiger partial charge >= 0.3 is 0 Å². The zero-order chi connectivity index (χ0) is 7.72. The maximum Gasteiger partial charge on any atom is 0.158 e. The predicted molar refractivity (Wildman–Crippen MR) is 44.1 cm³/mol. The highest BCUT2D eigenvalue weighted by atomic mass is 127. The van der Waals surface area contributed by atoms with Gasteiger partial charge in [0.25, 0.3) is 0 Å². The van der Waals surface area contributed by atoms with Crippen LogP contribution in [0.2, 0.25) is 5.02 Å². The molecule has 0 N–H and O–H groups in total. The molecule has 0 unspecified atom stereocenters. The maximum atomic E-state index is 12.6. The van der Waals surface area contributed by atoms with E-state index >= 15 is 0 Å². The summed E-state index contributed by atoms with van der Waals surface area (Å²) in [6.07, 6.45) is 0. The Morgan fingerprint density at radius 1 is 1.30 bits per heavy atom. The van der Waals surface area contributed by atoms with Crippen molar-refractivity contribution < 1.29 is 8.78 Å². The Morgan fingerprint density at radius 3 is 2.40 bits per heavy atom. The topological polar surface area (TPSA) is 0 Å². The van der Waals surface area contributed by atoms with Crippen LogP contribution in [0.4, 0.5) is 8.78 Å². The fourth-order valence-electron chi connectivity index (χ4n) is 0.502. The van der Waals surface area contributed by atoms with Crippen LogP contribution in [0.15, 0.2) is 12.1 Å². The van der Waals surface area contributed by atoms with Gasteiger partial charge in [-0.15, -0.1) is 0 Å². The summed E-state index contributed by atoms with van der Waals surface area (Å²) in [5, 5.41) is -0.0502. The summed E-state index contributed by atoms with van der Waals surface area (Å²) in [5.74, 6) is -1.27. The summed E-state index contributed by atoms with van der Waals surface area (Å²) < 4.78 is 25.0. The van der Waals surface area contributed by atoms with E-state index in [9.17, 15) is 8.78 Å². The molecule has 0 heterocycles. The molecule has 0 aliphatic rings. The van der Waals surface area contributed by atoms with Crippen molar-refractivity contribution in [1.82, 2.24) is 0 Å². The Hall–Kier alpha value is 0.1000. The highest BCUT2D eigenvalue weighted by Crippen LogP contribution is 2.21. The minimum atomic E-state index is -0.692. The molecule has 0 atom stereocenters. The third kappa shape index (κ3) is 1.40. The van der Waals surface area contributed by atoms with Gasteiger partial charge in [-0.3, -0.25) is 0 Å². The molecular weight excluding hydrogens is 272 g/mol. The quantitative estimate of drug-likeness (QED) is 0.387. The molecule has 0 amide bonds. The molecule has 10 heavy (non-hydrogen) atoms. The van der Waals surface area contributed by atoms with E-state index in [4.69, 9.17) is 11.6 Å². The maximum absolute atomic E-state index is 12.6. The molecule has 0 fully saturated rings. The molecule has 0 nitrogen and oxygen atoms in total. The van der Waals surface area contributed by atoms with Crippen molar-refractivity contribution in [3.63, 3.8) is 0 Å². The Bertz CT molecular complexity index is 235. The fourth-order valence-corrected chi connectivity index (χ4v) is 1.29. The molecule has 4 heteroatoms. The van der Waals surface area contributed by atoms with E-state index in [2.05, 4.69) is 0 Å². The second-order valence-corrected chi connectivity index (χ2v) is 3.14. The Kier molecular flexibility index (Phi) is 2.46. The summed E-state index contributed by atoms with van der Waals surface area (Å²) in [7, 11) is 0. The van der Waals surface area contributed by atoms with Gasteiger partial charge in [0.15, 0.2) is 5.82 Å². The zero-order valence-corrected chi connectivity index (χ0v) is 7.58. The van der Waals surface area contributed by atoms with E-state index in [1.165, 1.54) is 6.07 Å². The van der Waals surface area contributed by atoms with Gasteiger partial charge in [-0.25, -0.2) is 8.78 Å². The SMILES string of the molecule is Fc1ccc(Cl)c(F)c1I. The Balaban J connectivity index is 3.34. The minimum absolute atomic E-state index is 0.0502. The molecule has 0 bridgehead atoms. The van der Waals surface area contributed by atoms with Crippen LogP contribution in [0.3, 0.4) is 0 Å². The first-order valence-corrected chi connectivity index (χ1v) is 3.87. The van der Waals surface area contributed by atoms with Gasteiger partial charge in [0.1, 0.15) is 5.82 Å². The van der Waals surface area contributed by atoms with Crippen LogP contribution < -0.4 is 0 Å². The molecule has 0 spiro atoms. The lowest BCUT2D eigenvalue weighted by Gasteiger charge is -1.96. The highest BCUT2D eigenvalue weighted by molar-refractivity contribution is 14.1. The standard InChI is InChI=1S/C6H2ClF2I/c7-3-1-2-4(8)6(10)5(3)9/h1-2H. The van der Waals surface area contributed by atoms with Crippen molar-refractivity contribution in [2.75, 3.05) is 0 Å². The van der Waals surface area contributed by atoms with Crippen LogP contribution in [0.1, 0.15) is 0 Å². The molecule has 0 aliphatic carbocycles. The molecule has 1 aromatic rings. The molecule has 1 rings (SSSR count). The van der Waals surface area contributed by atoms with Gasteiger partial charge in [0, 0.05) is 0 Å². The van der Waals surface area contributed by atoms with Gasteiger partial charge in [-0.1, -0.05) is 11.6 Å². The average Bonchev–Trinajstić information content (AvgIpc) is 1.93. The van der Waals surface area contributed by atoms with Crippen molar-refractivity contribution in [1.29, 1.82) is 0 Å². The summed E-state index contributed by atoms with van der Waals surface area (Å²) >= 11 is 6.90. The van der Waals surface area contributed by atoms with Crippen LogP contribution >= 0.6 is 34.2 Å². The third-order valence-corrected chi connectivity index (χ3v) is 2.27. The largest absolute Gasteiger partial charge is 0.206 e. The van der Waals surface area contributed by atoms with Crippen molar-refractivity contribution >= 4 is 34.2 Å². The number of halogens is 4. The monoisotopic (exact) mass is 274 g/mol. The van der Waals surface area contributed by atoms with Crippen LogP contribution in [0.25, 0.3) is 0 Å². The van der Waals surface area contributed by atoms with Crippen LogP contribution in [0.5, 0.6) is 0 Å². The van der Waals surface area contributed by atoms with Gasteiger partial charge in [0.05, 0.1) is 8.59 Å². The molecule has 0 aromatic heterocycles. The number of benzene rings is 1. The van der Waals surface area contributed by atoms with Gasteiger partial charge in [-0.05, 0) is 34.7 Å². The van der Waals surface area contributed by atoms with Crippen molar-refractivity contribution in [2.24, 2.45) is 0 Å². The summed E-state index contributed by atoms with van der Waals surface area (Å²) in [6, 6.07) is 2.32. The van der Waals surface area contributed by atoms with Crippen molar-refractivity contribution in [3.8, 4) is 0 Å². The normalized spacial score (nSPS) is 10.0. The van der Waals surface area contributed by atoms with E-state index < -0.39 is 11.6 Å². The van der Waals surface area contributed by atoms with Gasteiger partial charge in [0.2, 0.25) is 0 Å². The average molecular weight is 274 g/mol. The Morgan fingerprint density at radius 2 is 1.90 bits per heavy atom. The fraction of sp³-hybridized carbons (Fsp3) is 0. The number of hydrogen-bond donors (Lipinski definition) is 0. The van der Waals surface area contributed by atoms with E-state index in [1.54, 1.807) is 22.6 Å². The molecule has 0 aliphatic heterocycles. The smallest absolute Gasteiger partial charge is 0.158 e. The predicted octanol–water partition coefficient (Wildman–Crippen LogP) is 3.22. The van der Waals surface area contributed by atoms with Gasteiger partial charge < -0.3 is 0 Å². The molecule has 0 saturated heterocycles. The van der Waals surface area contributed by atoms with Crippen LogP contribution in [-0.2, 0) is 0 Å². The second-order valence-electron chi connectivity index (χ2n) is 1.66. The number of rotatable bonds is 0. The van der Waals surface area contributed by atoms with Gasteiger partial charge in [-0.2, -0.15) is 0 Å². The highest BCUT2D eigenvalue weighted by Gasteiger charge is 2.07. The Labute approximate surface area is 75.3 Å². The lowest BCUT2D eigenvalue weighted by Crippen LogP contribution is -1.87. The van der Waals surface area contributed by atoms with E-state index in [-0.39, 0.29) is 8.59 Å². The van der Waals surface area contributed by atoms with Crippen molar-refractivity contribution in [2.45, 2.75) is 0 Å². The lowest BCUT2D eigenvalue weighted by atomic mass is 10.3. The molecule has 0 saturated carbocycles. The lowest BCUT2D eigenvalue weighted by molar-refractivity contribution is 0.571.